The fourth-order valence-electron chi connectivity index (χ4n) is 1.14. The van der Waals surface area contributed by atoms with Crippen molar-refractivity contribution in [1.82, 2.24) is 16.1 Å². The molecule has 5 N–H and O–H groups in total. The van der Waals surface area contributed by atoms with Gasteiger partial charge in [0, 0.05) is 13.6 Å². The van der Waals surface area contributed by atoms with Gasteiger partial charge < -0.3 is 10.6 Å². The van der Waals surface area contributed by atoms with E-state index in [1.807, 2.05) is 13.8 Å². The van der Waals surface area contributed by atoms with Gasteiger partial charge in [0.1, 0.15) is 0 Å². The Balaban J connectivity index is 4.39. The Morgan fingerprint density at radius 2 is 2.00 bits per heavy atom. The fraction of sp³-hybridized carbons (Fsp3) is 0.818. The maximum absolute atomic E-state index is 11.5. The minimum absolute atomic E-state index is 0.0403. The molecule has 17 heavy (non-hydrogen) atoms. The number of carbonyl (C=O) groups excluding carboxylic acids is 1. The highest BCUT2D eigenvalue weighted by atomic mass is 16.2. The molecule has 6 nitrogen and oxygen atoms in total. The van der Waals surface area contributed by atoms with E-state index in [2.05, 4.69) is 34.9 Å². The maximum atomic E-state index is 11.5. The number of carbonyl (C=O) groups is 1. The van der Waals surface area contributed by atoms with E-state index in [9.17, 15) is 4.79 Å². The van der Waals surface area contributed by atoms with Crippen LogP contribution in [0.3, 0.4) is 0 Å². The molecule has 0 spiro atoms. The van der Waals surface area contributed by atoms with Crippen LogP contribution in [0.25, 0.3) is 0 Å². The molecule has 0 aliphatic carbocycles. The molecule has 0 radical (unpaired) electrons. The minimum atomic E-state index is -0.545. The van der Waals surface area contributed by atoms with Crippen LogP contribution in [0.5, 0.6) is 0 Å². The van der Waals surface area contributed by atoms with Crippen LogP contribution in [0.15, 0.2) is 4.99 Å². The lowest BCUT2D eigenvalue weighted by molar-refractivity contribution is -0.128. The molecule has 0 heterocycles. The first-order chi connectivity index (χ1) is 7.83. The van der Waals surface area contributed by atoms with Crippen LogP contribution in [0.4, 0.5) is 0 Å². The van der Waals surface area contributed by atoms with E-state index in [0.717, 1.165) is 6.54 Å². The summed E-state index contributed by atoms with van der Waals surface area (Å²) < 4.78 is 0. The lowest BCUT2D eigenvalue weighted by Crippen LogP contribution is -2.44. The van der Waals surface area contributed by atoms with Crippen molar-refractivity contribution < 1.29 is 4.79 Å². The predicted molar refractivity (Wildman–Crippen MR) is 70.3 cm³/mol. The van der Waals surface area contributed by atoms with Crippen molar-refractivity contribution in [3.05, 3.63) is 0 Å². The normalized spacial score (nSPS) is 12.5. The smallest absolute Gasteiger partial charge is 0.227 e. The highest BCUT2D eigenvalue weighted by Gasteiger charge is 2.26. The first-order valence-electron chi connectivity index (χ1n) is 5.80. The lowest BCUT2D eigenvalue weighted by atomic mass is 9.93. The summed E-state index contributed by atoms with van der Waals surface area (Å²) in [5.41, 5.74) is 1.95. The Kier molecular flexibility index (Phi) is 6.57. The summed E-state index contributed by atoms with van der Waals surface area (Å²) in [6, 6.07) is 0. The topological polar surface area (TPSA) is 91.5 Å². The molecule has 0 bridgehead atoms. The van der Waals surface area contributed by atoms with Gasteiger partial charge in [0.25, 0.3) is 0 Å². The van der Waals surface area contributed by atoms with E-state index in [0.29, 0.717) is 18.4 Å². The molecule has 1 amide bonds. The average molecular weight is 243 g/mol. The zero-order valence-corrected chi connectivity index (χ0v) is 11.4. The Morgan fingerprint density at radius 3 is 2.41 bits per heavy atom. The first kappa shape index (κ1) is 15.7. The first-order valence-corrected chi connectivity index (χ1v) is 5.80. The summed E-state index contributed by atoms with van der Waals surface area (Å²) in [7, 11) is 1.62. The monoisotopic (exact) mass is 243 g/mol. The van der Waals surface area contributed by atoms with Crippen LogP contribution in [-0.4, -0.2) is 32.0 Å². The number of aliphatic imine (C=N–C) groups is 1. The van der Waals surface area contributed by atoms with Crippen molar-refractivity contribution in [1.29, 1.82) is 0 Å². The van der Waals surface area contributed by atoms with E-state index in [1.165, 1.54) is 0 Å². The van der Waals surface area contributed by atoms with Crippen LogP contribution >= 0.6 is 0 Å². The third kappa shape index (κ3) is 6.11. The number of hydrazine groups is 1. The number of hydrogen-bond donors (Lipinski definition) is 4. The zero-order valence-electron chi connectivity index (χ0n) is 11.4. The predicted octanol–water partition coefficient (Wildman–Crippen LogP) is -0.176. The number of hydrogen-bond acceptors (Lipinski definition) is 3. The number of amides is 1. The molecule has 0 fully saturated rings. The van der Waals surface area contributed by atoms with Crippen molar-refractivity contribution >= 4 is 11.9 Å². The molecule has 0 saturated carbocycles. The third-order valence-electron chi connectivity index (χ3n) is 2.29. The van der Waals surface area contributed by atoms with Crippen molar-refractivity contribution in [2.75, 3.05) is 20.1 Å². The number of nitrogens with one attached hydrogen (secondary N) is 3. The number of rotatable bonds is 5. The van der Waals surface area contributed by atoms with E-state index in [-0.39, 0.29) is 5.91 Å². The lowest BCUT2D eigenvalue weighted by Gasteiger charge is -2.21. The number of guanidine groups is 1. The van der Waals surface area contributed by atoms with Gasteiger partial charge in [-0.1, -0.05) is 13.8 Å². The van der Waals surface area contributed by atoms with Gasteiger partial charge in [-0.25, -0.2) is 5.84 Å². The van der Waals surface area contributed by atoms with Gasteiger partial charge in [0.15, 0.2) is 0 Å². The molecule has 0 rings (SSSR count). The van der Waals surface area contributed by atoms with E-state index >= 15 is 0 Å². The van der Waals surface area contributed by atoms with E-state index < -0.39 is 5.41 Å². The standard InChI is InChI=1S/C11H25N5O/c1-8(2)6-14-10(16-12)15-7-11(3,4)9(17)13-5/h8H,6-7,12H2,1-5H3,(H,13,17)(H2,14,15,16). The Bertz CT molecular complexity index is 273. The van der Waals surface area contributed by atoms with Crippen LogP contribution in [0, 0.1) is 11.3 Å². The third-order valence-corrected chi connectivity index (χ3v) is 2.29. The Morgan fingerprint density at radius 1 is 1.41 bits per heavy atom. The minimum Gasteiger partial charge on any atom is -0.359 e. The van der Waals surface area contributed by atoms with Gasteiger partial charge >= 0.3 is 0 Å². The average Bonchev–Trinajstić information content (AvgIpc) is 2.27. The summed E-state index contributed by atoms with van der Waals surface area (Å²) >= 11 is 0. The molecule has 0 aromatic heterocycles. The fourth-order valence-corrected chi connectivity index (χ4v) is 1.14. The van der Waals surface area contributed by atoms with Gasteiger partial charge in [-0.05, 0) is 19.8 Å². The van der Waals surface area contributed by atoms with Gasteiger partial charge in [-0.15, -0.1) is 0 Å². The maximum Gasteiger partial charge on any atom is 0.227 e. The second kappa shape index (κ2) is 7.11. The largest absolute Gasteiger partial charge is 0.359 e. The summed E-state index contributed by atoms with van der Waals surface area (Å²) in [6.45, 7) is 9.02. The molecule has 6 heteroatoms. The summed E-state index contributed by atoms with van der Waals surface area (Å²) in [5.74, 6) is 6.32. The zero-order chi connectivity index (χ0) is 13.5. The highest BCUT2D eigenvalue weighted by molar-refractivity contribution is 5.83. The molecule has 100 valence electrons. The van der Waals surface area contributed by atoms with Gasteiger partial charge in [-0.2, -0.15) is 0 Å². The Hall–Kier alpha value is -1.30. The van der Waals surface area contributed by atoms with Crippen LogP contribution in [-0.2, 0) is 4.79 Å². The number of nitrogens with two attached hydrogens (primary N) is 1. The quantitative estimate of drug-likeness (QED) is 0.233. The summed E-state index contributed by atoms with van der Waals surface area (Å²) in [4.78, 5) is 15.8. The summed E-state index contributed by atoms with van der Waals surface area (Å²) in [6.07, 6.45) is 0. The molecule has 0 aliphatic rings. The number of nitrogens with zero attached hydrogens (tertiary/aromatic N) is 1. The SMILES string of the molecule is CNC(=O)C(C)(C)CN=C(NN)NCC(C)C. The van der Waals surface area contributed by atoms with Crippen molar-refractivity contribution in [3.8, 4) is 0 Å². The highest BCUT2D eigenvalue weighted by Crippen LogP contribution is 2.14. The molecule has 0 aliphatic heterocycles. The van der Waals surface area contributed by atoms with Crippen LogP contribution in [0.2, 0.25) is 0 Å². The molecule has 0 saturated heterocycles. The van der Waals surface area contributed by atoms with Crippen molar-refractivity contribution in [2.45, 2.75) is 27.7 Å². The second-order valence-corrected chi connectivity index (χ2v) is 5.05. The molecular formula is C11H25N5O. The molecule has 0 unspecified atom stereocenters. The molecule has 0 aromatic carbocycles. The van der Waals surface area contributed by atoms with E-state index in [1.54, 1.807) is 7.05 Å². The molecule has 0 aromatic rings. The van der Waals surface area contributed by atoms with Crippen LogP contribution in [0.1, 0.15) is 27.7 Å². The van der Waals surface area contributed by atoms with Gasteiger partial charge in [-0.3, -0.25) is 15.2 Å². The van der Waals surface area contributed by atoms with Gasteiger partial charge in [0.2, 0.25) is 11.9 Å². The van der Waals surface area contributed by atoms with E-state index in [4.69, 9.17) is 5.84 Å². The molecular weight excluding hydrogens is 218 g/mol. The Labute approximate surface area is 103 Å². The van der Waals surface area contributed by atoms with Crippen molar-refractivity contribution in [3.63, 3.8) is 0 Å². The second-order valence-electron chi connectivity index (χ2n) is 5.05. The summed E-state index contributed by atoms with van der Waals surface area (Å²) in [5, 5.41) is 5.70. The van der Waals surface area contributed by atoms with Crippen LogP contribution < -0.4 is 21.9 Å². The molecule has 0 atom stereocenters. The van der Waals surface area contributed by atoms with Crippen molar-refractivity contribution in [2.24, 2.45) is 22.2 Å². The van der Waals surface area contributed by atoms with Gasteiger partial charge in [0.05, 0.1) is 12.0 Å².